The van der Waals surface area contributed by atoms with Crippen LogP contribution < -0.4 is 5.32 Å². The second kappa shape index (κ2) is 5.74. The molecule has 4 heteroatoms. The minimum absolute atomic E-state index is 0.204. The van der Waals surface area contributed by atoms with Gasteiger partial charge >= 0.3 is 0 Å². The van der Waals surface area contributed by atoms with Gasteiger partial charge in [-0.2, -0.15) is 0 Å². The van der Waals surface area contributed by atoms with E-state index >= 15 is 0 Å². The van der Waals surface area contributed by atoms with Crippen molar-refractivity contribution >= 4 is 17.5 Å². The molecule has 1 amide bonds. The summed E-state index contributed by atoms with van der Waals surface area (Å²) < 4.78 is 5.24. The maximum Gasteiger partial charge on any atom is 0.287 e. The Balaban J connectivity index is 1.92. The van der Waals surface area contributed by atoms with Gasteiger partial charge in [0.2, 0.25) is 0 Å². The minimum Gasteiger partial charge on any atom is -0.456 e. The molecule has 1 aromatic heterocycles. The lowest BCUT2D eigenvalue weighted by molar-refractivity contribution is 0.0922. The monoisotopic (exact) mass is 263 g/mol. The molecule has 18 heavy (non-hydrogen) atoms. The van der Waals surface area contributed by atoms with E-state index in [0.29, 0.717) is 18.2 Å². The highest BCUT2D eigenvalue weighted by molar-refractivity contribution is 6.17. The van der Waals surface area contributed by atoms with Gasteiger partial charge in [-0.05, 0) is 30.2 Å². The van der Waals surface area contributed by atoms with Crippen molar-refractivity contribution in [2.75, 3.05) is 0 Å². The summed E-state index contributed by atoms with van der Waals surface area (Å²) in [7, 11) is 0. The average molecular weight is 264 g/mol. The van der Waals surface area contributed by atoms with E-state index in [1.165, 1.54) is 0 Å². The number of carbonyl (C=O) groups excluding carboxylic acids is 1. The number of furan rings is 1. The van der Waals surface area contributed by atoms with Crippen LogP contribution in [-0.4, -0.2) is 5.91 Å². The zero-order valence-electron chi connectivity index (χ0n) is 10.1. The van der Waals surface area contributed by atoms with E-state index in [-0.39, 0.29) is 5.91 Å². The molecule has 0 unspecified atom stereocenters. The molecule has 0 aliphatic rings. The molecule has 3 nitrogen and oxygen atoms in total. The van der Waals surface area contributed by atoms with Crippen LogP contribution in [-0.2, 0) is 12.4 Å². The Hall–Kier alpha value is -1.74. The van der Waals surface area contributed by atoms with Crippen molar-refractivity contribution < 1.29 is 9.21 Å². The summed E-state index contributed by atoms with van der Waals surface area (Å²) in [4.78, 5) is 11.7. The first kappa shape index (κ1) is 12.7. The lowest BCUT2D eigenvalue weighted by Crippen LogP contribution is -2.22. The average Bonchev–Trinajstić information content (AvgIpc) is 2.83. The normalized spacial score (nSPS) is 10.3. The van der Waals surface area contributed by atoms with E-state index in [1.807, 2.05) is 31.2 Å². The van der Waals surface area contributed by atoms with Crippen molar-refractivity contribution in [3.63, 3.8) is 0 Å². The molecule has 0 radical (unpaired) electrons. The summed E-state index contributed by atoms with van der Waals surface area (Å²) in [5.74, 6) is 1.36. The third-order valence-electron chi connectivity index (χ3n) is 2.59. The summed E-state index contributed by atoms with van der Waals surface area (Å²) in [5.41, 5.74) is 2.09. The zero-order chi connectivity index (χ0) is 13.0. The number of amides is 1. The molecule has 1 N–H and O–H groups in total. The molecule has 1 aromatic carbocycles. The number of benzene rings is 1. The van der Waals surface area contributed by atoms with Gasteiger partial charge in [-0.1, -0.05) is 24.3 Å². The SMILES string of the molecule is Cc1ccc(C(=O)NCc2ccc(CCl)cc2)o1. The second-order valence-corrected chi connectivity index (χ2v) is 4.31. The van der Waals surface area contributed by atoms with Gasteiger partial charge in [0, 0.05) is 12.4 Å². The van der Waals surface area contributed by atoms with Crippen molar-refractivity contribution in [2.24, 2.45) is 0 Å². The Morgan fingerprint density at radius 2 is 1.83 bits per heavy atom. The Morgan fingerprint density at radius 3 is 2.39 bits per heavy atom. The Bertz CT molecular complexity index is 531. The first-order valence-corrected chi connectivity index (χ1v) is 6.21. The molecule has 0 saturated heterocycles. The Morgan fingerprint density at radius 1 is 1.17 bits per heavy atom. The summed E-state index contributed by atoms with van der Waals surface area (Å²) in [6, 6.07) is 11.2. The summed E-state index contributed by atoms with van der Waals surface area (Å²) >= 11 is 5.71. The smallest absolute Gasteiger partial charge is 0.287 e. The predicted octanol–water partition coefficient (Wildman–Crippen LogP) is 3.26. The van der Waals surface area contributed by atoms with E-state index in [1.54, 1.807) is 12.1 Å². The van der Waals surface area contributed by atoms with Crippen molar-refractivity contribution in [3.05, 3.63) is 59.0 Å². The standard InChI is InChI=1S/C14H14ClNO2/c1-10-2-7-13(18-10)14(17)16-9-12-5-3-11(8-15)4-6-12/h2-7H,8-9H2,1H3,(H,16,17). The highest BCUT2D eigenvalue weighted by Gasteiger charge is 2.08. The van der Waals surface area contributed by atoms with Crippen LogP contribution in [0.25, 0.3) is 0 Å². The third kappa shape index (κ3) is 3.14. The number of hydrogen-bond acceptors (Lipinski definition) is 2. The van der Waals surface area contributed by atoms with E-state index in [0.717, 1.165) is 16.9 Å². The van der Waals surface area contributed by atoms with Crippen LogP contribution in [0.1, 0.15) is 27.4 Å². The lowest BCUT2D eigenvalue weighted by Gasteiger charge is -2.04. The molecule has 0 aliphatic carbocycles. The molecular weight excluding hydrogens is 250 g/mol. The first-order chi connectivity index (χ1) is 8.69. The van der Waals surface area contributed by atoms with Crippen molar-refractivity contribution in [1.82, 2.24) is 5.32 Å². The van der Waals surface area contributed by atoms with E-state index in [4.69, 9.17) is 16.0 Å². The molecule has 94 valence electrons. The van der Waals surface area contributed by atoms with Gasteiger partial charge in [0.25, 0.3) is 5.91 Å². The largest absolute Gasteiger partial charge is 0.456 e. The number of rotatable bonds is 4. The molecule has 2 rings (SSSR count). The van der Waals surface area contributed by atoms with Gasteiger partial charge in [-0.3, -0.25) is 4.79 Å². The van der Waals surface area contributed by atoms with Crippen LogP contribution in [0.2, 0.25) is 0 Å². The number of hydrogen-bond donors (Lipinski definition) is 1. The fourth-order valence-electron chi connectivity index (χ4n) is 1.57. The molecule has 1 heterocycles. The molecule has 0 bridgehead atoms. The third-order valence-corrected chi connectivity index (χ3v) is 2.90. The van der Waals surface area contributed by atoms with Crippen molar-refractivity contribution in [3.8, 4) is 0 Å². The second-order valence-electron chi connectivity index (χ2n) is 4.04. The maximum absolute atomic E-state index is 11.7. The van der Waals surface area contributed by atoms with Crippen LogP contribution >= 0.6 is 11.6 Å². The summed E-state index contributed by atoms with van der Waals surface area (Å²) in [6.45, 7) is 2.28. The van der Waals surface area contributed by atoms with Crippen LogP contribution in [0.4, 0.5) is 0 Å². The van der Waals surface area contributed by atoms with Gasteiger partial charge < -0.3 is 9.73 Å². The van der Waals surface area contributed by atoms with Crippen molar-refractivity contribution in [1.29, 1.82) is 0 Å². The van der Waals surface area contributed by atoms with Gasteiger partial charge in [0.1, 0.15) is 5.76 Å². The first-order valence-electron chi connectivity index (χ1n) is 5.67. The summed E-state index contributed by atoms with van der Waals surface area (Å²) in [5, 5.41) is 2.80. The Labute approximate surface area is 111 Å². The molecular formula is C14H14ClNO2. The fourth-order valence-corrected chi connectivity index (χ4v) is 1.75. The van der Waals surface area contributed by atoms with Crippen LogP contribution in [0.5, 0.6) is 0 Å². The number of alkyl halides is 1. The number of nitrogens with one attached hydrogen (secondary N) is 1. The van der Waals surface area contributed by atoms with Gasteiger partial charge in [0.15, 0.2) is 5.76 Å². The van der Waals surface area contributed by atoms with Crippen LogP contribution in [0, 0.1) is 6.92 Å². The maximum atomic E-state index is 11.7. The minimum atomic E-state index is -0.204. The molecule has 0 fully saturated rings. The van der Waals surface area contributed by atoms with Gasteiger partial charge in [0.05, 0.1) is 0 Å². The number of carbonyl (C=O) groups is 1. The highest BCUT2D eigenvalue weighted by Crippen LogP contribution is 2.08. The van der Waals surface area contributed by atoms with Gasteiger partial charge in [-0.25, -0.2) is 0 Å². The predicted molar refractivity (Wildman–Crippen MR) is 70.6 cm³/mol. The fraction of sp³-hybridized carbons (Fsp3) is 0.214. The Kier molecular flexibility index (Phi) is 4.05. The number of halogens is 1. The molecule has 0 spiro atoms. The van der Waals surface area contributed by atoms with Crippen molar-refractivity contribution in [2.45, 2.75) is 19.3 Å². The van der Waals surface area contributed by atoms with E-state index in [9.17, 15) is 4.79 Å². The summed E-state index contributed by atoms with van der Waals surface area (Å²) in [6.07, 6.45) is 0. The van der Waals surface area contributed by atoms with E-state index < -0.39 is 0 Å². The van der Waals surface area contributed by atoms with E-state index in [2.05, 4.69) is 5.32 Å². The zero-order valence-corrected chi connectivity index (χ0v) is 10.8. The quantitative estimate of drug-likeness (QED) is 0.861. The van der Waals surface area contributed by atoms with Crippen LogP contribution in [0.15, 0.2) is 40.8 Å². The topological polar surface area (TPSA) is 42.2 Å². The lowest BCUT2D eigenvalue weighted by atomic mass is 10.1. The molecule has 0 aliphatic heterocycles. The highest BCUT2D eigenvalue weighted by atomic mass is 35.5. The molecule has 2 aromatic rings. The molecule has 0 atom stereocenters. The molecule has 0 saturated carbocycles. The van der Waals surface area contributed by atoms with Gasteiger partial charge in [-0.15, -0.1) is 11.6 Å². The van der Waals surface area contributed by atoms with Crippen LogP contribution in [0.3, 0.4) is 0 Å². The number of aryl methyl sites for hydroxylation is 1.